The third kappa shape index (κ3) is 4.77. The van der Waals surface area contributed by atoms with Crippen molar-refractivity contribution < 1.29 is 4.79 Å². The molecule has 2 aromatic rings. The number of amides is 1. The molecular formula is C17H23N5OS2. The van der Waals surface area contributed by atoms with Crippen molar-refractivity contribution in [3.63, 3.8) is 0 Å². The van der Waals surface area contributed by atoms with Gasteiger partial charge < -0.3 is 4.90 Å². The molecule has 1 unspecified atom stereocenters. The van der Waals surface area contributed by atoms with Gasteiger partial charge in [0.2, 0.25) is 5.91 Å². The van der Waals surface area contributed by atoms with Gasteiger partial charge in [0.1, 0.15) is 6.04 Å². The van der Waals surface area contributed by atoms with Crippen molar-refractivity contribution in [2.24, 2.45) is 5.92 Å². The van der Waals surface area contributed by atoms with Crippen molar-refractivity contribution >= 4 is 29.5 Å². The fraction of sp³-hybridized carbons (Fsp3) is 0.529. The van der Waals surface area contributed by atoms with Crippen LogP contribution in [0.15, 0.2) is 17.5 Å². The molecule has 0 aliphatic rings. The Bertz CT molecular complexity index is 785. The van der Waals surface area contributed by atoms with Crippen LogP contribution in [-0.4, -0.2) is 38.7 Å². The Labute approximate surface area is 157 Å². The smallest absolute Gasteiger partial charge is 0.245 e. The van der Waals surface area contributed by atoms with Gasteiger partial charge in [-0.2, -0.15) is 10.4 Å². The second-order valence-electron chi connectivity index (χ2n) is 6.29. The van der Waals surface area contributed by atoms with Crippen LogP contribution >= 0.6 is 23.6 Å². The summed E-state index contributed by atoms with van der Waals surface area (Å²) in [6.07, 6.45) is 1.23. The Balaban J connectivity index is 2.27. The van der Waals surface area contributed by atoms with Crippen molar-refractivity contribution in [3.05, 3.63) is 22.3 Å². The summed E-state index contributed by atoms with van der Waals surface area (Å²) in [5.74, 6) is 1.13. The summed E-state index contributed by atoms with van der Waals surface area (Å²) in [6, 6.07) is 5.54. The summed E-state index contributed by atoms with van der Waals surface area (Å²) in [4.78, 5) is 15.8. The third-order valence-electron chi connectivity index (χ3n) is 3.97. The number of thiophene rings is 1. The molecule has 2 aromatic heterocycles. The highest BCUT2D eigenvalue weighted by Crippen LogP contribution is 2.26. The number of hydrogen-bond acceptors (Lipinski definition) is 5. The maximum atomic E-state index is 13.0. The van der Waals surface area contributed by atoms with Gasteiger partial charge >= 0.3 is 0 Å². The first-order valence-corrected chi connectivity index (χ1v) is 9.61. The molecule has 8 heteroatoms. The predicted molar refractivity (Wildman–Crippen MR) is 102 cm³/mol. The van der Waals surface area contributed by atoms with Gasteiger partial charge in [-0.1, -0.05) is 19.9 Å². The minimum atomic E-state index is -0.478. The standard InChI is InChI=1S/C17H23N5OS2/c1-12(2)7-10-21(9-5-8-18)16(23)13(3)22-15(19-20-17(22)24)14-6-4-11-25-14/h4,6,11-13H,5,7,9-10H2,1-3H3,(H,20,24). The van der Waals surface area contributed by atoms with Crippen LogP contribution in [0.2, 0.25) is 0 Å². The second-order valence-corrected chi connectivity index (χ2v) is 7.63. The number of aromatic nitrogens is 3. The van der Waals surface area contributed by atoms with Crippen LogP contribution in [0.5, 0.6) is 0 Å². The molecule has 0 fully saturated rings. The Morgan fingerprint density at radius 3 is 2.84 bits per heavy atom. The molecule has 1 N–H and O–H groups in total. The van der Waals surface area contributed by atoms with Crippen molar-refractivity contribution in [2.75, 3.05) is 13.1 Å². The SMILES string of the molecule is CC(C)CCN(CCC#N)C(=O)C(C)n1c(-c2cccs2)n[nH]c1=S. The maximum Gasteiger partial charge on any atom is 0.245 e. The summed E-state index contributed by atoms with van der Waals surface area (Å²) < 4.78 is 2.19. The van der Waals surface area contributed by atoms with Gasteiger partial charge in [-0.3, -0.25) is 14.5 Å². The normalized spacial score (nSPS) is 12.1. The Hall–Kier alpha value is -1.98. The summed E-state index contributed by atoms with van der Waals surface area (Å²) in [6.45, 7) is 7.16. The van der Waals surface area contributed by atoms with E-state index < -0.39 is 6.04 Å². The zero-order valence-corrected chi connectivity index (χ0v) is 16.4. The highest BCUT2D eigenvalue weighted by atomic mass is 32.1. The molecule has 0 spiro atoms. The molecule has 2 heterocycles. The number of rotatable bonds is 8. The lowest BCUT2D eigenvalue weighted by atomic mass is 10.1. The van der Waals surface area contributed by atoms with Crippen molar-refractivity contribution in [2.45, 2.75) is 39.7 Å². The average Bonchev–Trinajstić information content (AvgIpc) is 3.22. The largest absolute Gasteiger partial charge is 0.340 e. The molecule has 0 saturated carbocycles. The lowest BCUT2D eigenvalue weighted by Crippen LogP contribution is -2.38. The molecule has 0 saturated heterocycles. The van der Waals surface area contributed by atoms with Crippen LogP contribution in [0.4, 0.5) is 0 Å². The van der Waals surface area contributed by atoms with Crippen LogP contribution in [-0.2, 0) is 4.79 Å². The van der Waals surface area contributed by atoms with Crippen molar-refractivity contribution in [3.8, 4) is 16.8 Å². The Kier molecular flexibility index (Phi) is 6.91. The van der Waals surface area contributed by atoms with Crippen LogP contribution < -0.4 is 0 Å². The monoisotopic (exact) mass is 377 g/mol. The van der Waals surface area contributed by atoms with Gasteiger partial charge in [0.15, 0.2) is 10.6 Å². The summed E-state index contributed by atoms with van der Waals surface area (Å²) >= 11 is 6.90. The van der Waals surface area contributed by atoms with E-state index in [9.17, 15) is 4.79 Å². The molecule has 25 heavy (non-hydrogen) atoms. The van der Waals surface area contributed by atoms with Gasteiger partial charge in [-0.15, -0.1) is 11.3 Å². The van der Waals surface area contributed by atoms with E-state index in [1.807, 2.05) is 24.4 Å². The van der Waals surface area contributed by atoms with Crippen LogP contribution in [0, 0.1) is 22.0 Å². The van der Waals surface area contributed by atoms with E-state index in [1.54, 1.807) is 20.8 Å². The van der Waals surface area contributed by atoms with Gasteiger partial charge in [-0.05, 0) is 42.9 Å². The van der Waals surface area contributed by atoms with Crippen LogP contribution in [0.1, 0.15) is 39.7 Å². The van der Waals surface area contributed by atoms with Gasteiger partial charge in [0.05, 0.1) is 17.4 Å². The molecule has 1 amide bonds. The van der Waals surface area contributed by atoms with E-state index in [2.05, 4.69) is 30.1 Å². The van der Waals surface area contributed by atoms with Crippen molar-refractivity contribution in [1.82, 2.24) is 19.7 Å². The van der Waals surface area contributed by atoms with Gasteiger partial charge in [0.25, 0.3) is 0 Å². The van der Waals surface area contributed by atoms with Crippen LogP contribution in [0.3, 0.4) is 0 Å². The van der Waals surface area contributed by atoms with Gasteiger partial charge in [0, 0.05) is 13.1 Å². The molecule has 6 nitrogen and oxygen atoms in total. The Morgan fingerprint density at radius 1 is 1.48 bits per heavy atom. The number of carbonyl (C=O) groups is 1. The van der Waals surface area contributed by atoms with E-state index in [-0.39, 0.29) is 5.91 Å². The van der Waals surface area contributed by atoms with E-state index in [1.165, 1.54) is 0 Å². The van der Waals surface area contributed by atoms with Crippen molar-refractivity contribution in [1.29, 1.82) is 5.26 Å². The highest BCUT2D eigenvalue weighted by Gasteiger charge is 2.25. The first-order chi connectivity index (χ1) is 12.0. The number of nitriles is 1. The summed E-state index contributed by atoms with van der Waals surface area (Å²) in [7, 11) is 0. The fourth-order valence-electron chi connectivity index (χ4n) is 2.55. The molecule has 0 bridgehead atoms. The minimum Gasteiger partial charge on any atom is -0.340 e. The third-order valence-corrected chi connectivity index (χ3v) is 5.13. The zero-order valence-electron chi connectivity index (χ0n) is 14.7. The quantitative estimate of drug-likeness (QED) is 0.705. The first kappa shape index (κ1) is 19.3. The molecule has 0 aliphatic carbocycles. The number of aromatic amines is 1. The first-order valence-electron chi connectivity index (χ1n) is 8.32. The molecule has 2 rings (SSSR count). The van der Waals surface area contributed by atoms with Gasteiger partial charge in [-0.25, -0.2) is 0 Å². The molecule has 134 valence electrons. The average molecular weight is 378 g/mol. The number of nitrogens with zero attached hydrogens (tertiary/aromatic N) is 4. The van der Waals surface area contributed by atoms with E-state index in [0.717, 1.165) is 11.3 Å². The number of nitrogens with one attached hydrogen (secondary N) is 1. The summed E-state index contributed by atoms with van der Waals surface area (Å²) in [5, 5.41) is 17.9. The number of H-pyrrole nitrogens is 1. The molecule has 0 aromatic carbocycles. The zero-order chi connectivity index (χ0) is 18.4. The van der Waals surface area contributed by atoms with E-state index in [0.29, 0.717) is 36.0 Å². The number of hydrogen-bond donors (Lipinski definition) is 1. The van der Waals surface area contributed by atoms with Crippen LogP contribution in [0.25, 0.3) is 10.7 Å². The van der Waals surface area contributed by atoms with E-state index >= 15 is 0 Å². The molecule has 0 radical (unpaired) electrons. The lowest BCUT2D eigenvalue weighted by Gasteiger charge is -2.26. The lowest BCUT2D eigenvalue weighted by molar-refractivity contribution is -0.134. The van der Waals surface area contributed by atoms with E-state index in [4.69, 9.17) is 17.5 Å². The summed E-state index contributed by atoms with van der Waals surface area (Å²) in [5.41, 5.74) is 0. The fourth-order valence-corrected chi connectivity index (χ4v) is 3.55. The molecule has 1 atom stereocenters. The number of carbonyl (C=O) groups excluding carboxylic acids is 1. The predicted octanol–water partition coefficient (Wildman–Crippen LogP) is 4.02. The highest BCUT2D eigenvalue weighted by molar-refractivity contribution is 7.71. The maximum absolute atomic E-state index is 13.0. The molecular weight excluding hydrogens is 354 g/mol. The second kappa shape index (κ2) is 8.92. The minimum absolute atomic E-state index is 0.0359. The Morgan fingerprint density at radius 2 is 2.24 bits per heavy atom. The topological polar surface area (TPSA) is 77.7 Å². The molecule has 0 aliphatic heterocycles.